The number of carbonyl (C=O) groups is 2. The van der Waals surface area contributed by atoms with Gasteiger partial charge in [-0.05, 0) is 49.9 Å². The minimum absolute atomic E-state index is 0.0134. The molecule has 136 valence electrons. The van der Waals surface area contributed by atoms with Gasteiger partial charge < -0.3 is 10.2 Å². The van der Waals surface area contributed by atoms with Crippen LogP contribution in [0.3, 0.4) is 0 Å². The zero-order valence-electron chi connectivity index (χ0n) is 15.5. The zero-order chi connectivity index (χ0) is 18.5. The Morgan fingerprint density at radius 1 is 1.04 bits per heavy atom. The van der Waals surface area contributed by atoms with Crippen LogP contribution >= 0.6 is 0 Å². The molecule has 3 rings (SSSR count). The number of carbonyl (C=O) groups excluding carboxylic acids is 2. The molecule has 26 heavy (non-hydrogen) atoms. The van der Waals surface area contributed by atoms with E-state index in [1.54, 1.807) is 0 Å². The number of benzene rings is 2. The third-order valence-corrected chi connectivity index (χ3v) is 5.13. The van der Waals surface area contributed by atoms with Crippen molar-refractivity contribution in [2.75, 3.05) is 13.1 Å². The van der Waals surface area contributed by atoms with Gasteiger partial charge in [0.25, 0.3) is 5.91 Å². The second-order valence-corrected chi connectivity index (χ2v) is 7.08. The summed E-state index contributed by atoms with van der Waals surface area (Å²) in [6, 6.07) is 15.8. The monoisotopic (exact) mass is 350 g/mol. The smallest absolute Gasteiger partial charge is 0.253 e. The summed E-state index contributed by atoms with van der Waals surface area (Å²) in [6.45, 7) is 5.87. The van der Waals surface area contributed by atoms with Gasteiger partial charge in [0.05, 0.1) is 0 Å². The van der Waals surface area contributed by atoms with E-state index >= 15 is 0 Å². The number of nitrogens with zero attached hydrogens (tertiary/aromatic N) is 1. The van der Waals surface area contributed by atoms with Gasteiger partial charge in [-0.2, -0.15) is 0 Å². The third-order valence-electron chi connectivity index (χ3n) is 5.13. The number of piperidine rings is 1. The fourth-order valence-electron chi connectivity index (χ4n) is 3.44. The fraction of sp³-hybridized carbons (Fsp3) is 0.364. The number of hydrogen-bond donors (Lipinski definition) is 1. The van der Waals surface area contributed by atoms with Crippen molar-refractivity contribution in [3.05, 3.63) is 70.8 Å². The van der Waals surface area contributed by atoms with Gasteiger partial charge in [0.1, 0.15) is 0 Å². The van der Waals surface area contributed by atoms with E-state index in [2.05, 4.69) is 18.3 Å². The average molecular weight is 350 g/mol. The fourth-order valence-corrected chi connectivity index (χ4v) is 3.44. The van der Waals surface area contributed by atoms with E-state index in [4.69, 9.17) is 0 Å². The zero-order valence-corrected chi connectivity index (χ0v) is 15.5. The van der Waals surface area contributed by atoms with Crippen molar-refractivity contribution in [1.82, 2.24) is 10.2 Å². The molecule has 1 fully saturated rings. The second kappa shape index (κ2) is 8.17. The lowest BCUT2D eigenvalue weighted by atomic mass is 9.95. The van der Waals surface area contributed by atoms with Gasteiger partial charge in [-0.15, -0.1) is 0 Å². The first-order chi connectivity index (χ1) is 12.5. The molecule has 0 bridgehead atoms. The molecule has 0 unspecified atom stereocenters. The molecule has 1 N–H and O–H groups in total. The molecule has 4 heteroatoms. The summed E-state index contributed by atoms with van der Waals surface area (Å²) in [5.74, 6) is 0.143. The van der Waals surface area contributed by atoms with Gasteiger partial charge in [-0.3, -0.25) is 9.59 Å². The lowest BCUT2D eigenvalue weighted by molar-refractivity contribution is -0.126. The van der Waals surface area contributed by atoms with Gasteiger partial charge >= 0.3 is 0 Å². The van der Waals surface area contributed by atoms with E-state index in [0.717, 1.165) is 29.5 Å². The quantitative estimate of drug-likeness (QED) is 0.918. The molecule has 4 nitrogen and oxygen atoms in total. The summed E-state index contributed by atoms with van der Waals surface area (Å²) < 4.78 is 0. The lowest BCUT2D eigenvalue weighted by Crippen LogP contribution is -2.43. The largest absolute Gasteiger partial charge is 0.352 e. The Balaban J connectivity index is 1.51. The SMILES string of the molecule is Cc1cccc(C(=O)N2CCC(C(=O)NCc3ccccc3C)CC2)c1. The topological polar surface area (TPSA) is 49.4 Å². The first-order valence-corrected chi connectivity index (χ1v) is 9.23. The molecule has 0 aromatic heterocycles. The van der Waals surface area contributed by atoms with Crippen LogP contribution in [0.25, 0.3) is 0 Å². The van der Waals surface area contributed by atoms with Crippen LogP contribution in [0, 0.1) is 19.8 Å². The normalized spacial score (nSPS) is 14.9. The molecule has 1 heterocycles. The standard InChI is InChI=1S/C22H26N2O2/c1-16-6-5-9-19(14-16)22(26)24-12-10-18(11-13-24)21(25)23-15-20-8-4-3-7-17(20)2/h3-9,14,18H,10-13,15H2,1-2H3,(H,23,25). The summed E-state index contributed by atoms with van der Waals surface area (Å²) >= 11 is 0. The number of rotatable bonds is 4. The van der Waals surface area contributed by atoms with E-state index in [1.807, 2.05) is 54.3 Å². The van der Waals surface area contributed by atoms with Crippen molar-refractivity contribution in [2.45, 2.75) is 33.2 Å². The lowest BCUT2D eigenvalue weighted by Gasteiger charge is -2.31. The van der Waals surface area contributed by atoms with Crippen LogP contribution in [0.1, 0.15) is 39.9 Å². The number of nitrogens with one attached hydrogen (secondary N) is 1. The average Bonchev–Trinajstić information content (AvgIpc) is 2.66. The van der Waals surface area contributed by atoms with Gasteiger partial charge in [0, 0.05) is 31.1 Å². The van der Waals surface area contributed by atoms with Crippen molar-refractivity contribution in [2.24, 2.45) is 5.92 Å². The highest BCUT2D eigenvalue weighted by molar-refractivity contribution is 5.94. The maximum Gasteiger partial charge on any atom is 0.253 e. The molecule has 1 aliphatic rings. The van der Waals surface area contributed by atoms with E-state index in [-0.39, 0.29) is 17.7 Å². The van der Waals surface area contributed by atoms with Crippen molar-refractivity contribution < 1.29 is 9.59 Å². The van der Waals surface area contributed by atoms with Crippen molar-refractivity contribution >= 4 is 11.8 Å². The highest BCUT2D eigenvalue weighted by atomic mass is 16.2. The highest BCUT2D eigenvalue weighted by Crippen LogP contribution is 2.20. The summed E-state index contributed by atoms with van der Waals surface area (Å²) in [7, 11) is 0. The Morgan fingerprint density at radius 2 is 1.77 bits per heavy atom. The number of aryl methyl sites for hydroxylation is 2. The molecule has 1 saturated heterocycles. The van der Waals surface area contributed by atoms with Crippen LogP contribution in [-0.4, -0.2) is 29.8 Å². The van der Waals surface area contributed by atoms with Crippen molar-refractivity contribution in [3.63, 3.8) is 0 Å². The Bertz CT molecular complexity index is 792. The first-order valence-electron chi connectivity index (χ1n) is 9.23. The number of hydrogen-bond acceptors (Lipinski definition) is 2. The minimum atomic E-state index is -0.0134. The molecule has 0 saturated carbocycles. The summed E-state index contributed by atoms with van der Waals surface area (Å²) in [5, 5.41) is 3.05. The number of likely N-dealkylation sites (tertiary alicyclic amines) is 1. The molecule has 1 aliphatic heterocycles. The van der Waals surface area contributed by atoms with Crippen LogP contribution in [-0.2, 0) is 11.3 Å². The van der Waals surface area contributed by atoms with Crippen LogP contribution in [0.15, 0.2) is 48.5 Å². The molecule has 0 atom stereocenters. The van der Waals surface area contributed by atoms with Crippen LogP contribution in [0.5, 0.6) is 0 Å². The summed E-state index contributed by atoms with van der Waals surface area (Å²) in [4.78, 5) is 26.9. The predicted molar refractivity (Wildman–Crippen MR) is 103 cm³/mol. The van der Waals surface area contributed by atoms with Crippen LogP contribution in [0.4, 0.5) is 0 Å². The van der Waals surface area contributed by atoms with Crippen LogP contribution < -0.4 is 5.32 Å². The van der Waals surface area contributed by atoms with Gasteiger partial charge in [-0.25, -0.2) is 0 Å². The van der Waals surface area contributed by atoms with E-state index < -0.39 is 0 Å². The molecule has 0 spiro atoms. The number of amides is 2. The molecule has 2 aromatic rings. The minimum Gasteiger partial charge on any atom is -0.352 e. The van der Waals surface area contributed by atoms with Gasteiger partial charge in [0.15, 0.2) is 0 Å². The maximum absolute atomic E-state index is 12.6. The van der Waals surface area contributed by atoms with Crippen LogP contribution in [0.2, 0.25) is 0 Å². The van der Waals surface area contributed by atoms with E-state index in [0.29, 0.717) is 19.6 Å². The predicted octanol–water partition coefficient (Wildman–Crippen LogP) is 3.47. The van der Waals surface area contributed by atoms with E-state index in [9.17, 15) is 9.59 Å². The maximum atomic E-state index is 12.6. The second-order valence-electron chi connectivity index (χ2n) is 7.08. The molecule has 2 aromatic carbocycles. The third kappa shape index (κ3) is 4.31. The molecule has 2 amide bonds. The Labute approximate surface area is 155 Å². The first kappa shape index (κ1) is 18.2. The summed E-state index contributed by atoms with van der Waals surface area (Å²) in [5.41, 5.74) is 4.15. The Kier molecular flexibility index (Phi) is 5.71. The van der Waals surface area contributed by atoms with Crippen molar-refractivity contribution in [3.8, 4) is 0 Å². The summed E-state index contributed by atoms with van der Waals surface area (Å²) in [6.07, 6.45) is 1.44. The van der Waals surface area contributed by atoms with Crippen molar-refractivity contribution in [1.29, 1.82) is 0 Å². The molecule has 0 aliphatic carbocycles. The van der Waals surface area contributed by atoms with Gasteiger partial charge in [-0.1, -0.05) is 42.0 Å². The Hall–Kier alpha value is -2.62. The molecular formula is C22H26N2O2. The highest BCUT2D eigenvalue weighted by Gasteiger charge is 2.27. The Morgan fingerprint density at radius 3 is 2.46 bits per heavy atom. The molecule has 0 radical (unpaired) electrons. The molecular weight excluding hydrogens is 324 g/mol. The van der Waals surface area contributed by atoms with E-state index in [1.165, 1.54) is 5.56 Å². The van der Waals surface area contributed by atoms with Gasteiger partial charge in [0.2, 0.25) is 5.91 Å².